The van der Waals surface area contributed by atoms with Crippen LogP contribution in [0.4, 0.5) is 0 Å². The van der Waals surface area contributed by atoms with Gasteiger partial charge in [0.15, 0.2) is 5.79 Å². The van der Waals surface area contributed by atoms with Gasteiger partial charge in [0.05, 0.1) is 24.9 Å². The van der Waals surface area contributed by atoms with Crippen molar-refractivity contribution in [1.82, 2.24) is 5.32 Å². The van der Waals surface area contributed by atoms with Crippen molar-refractivity contribution < 1.29 is 19.0 Å². The summed E-state index contributed by atoms with van der Waals surface area (Å²) in [6, 6.07) is 8.71. The van der Waals surface area contributed by atoms with Crippen molar-refractivity contribution in [2.75, 3.05) is 20.3 Å². The van der Waals surface area contributed by atoms with E-state index in [-0.39, 0.29) is 12.0 Å². The van der Waals surface area contributed by atoms with Gasteiger partial charge in [-0.1, -0.05) is 63.3 Å². The molecule has 0 bridgehead atoms. The SMILES string of the molecule is CCCCCCCCc1ccc(C(CC2(NC(C)=O)COC(C)(C)OC2)OC)cc1. The minimum absolute atomic E-state index is 0.0916. The second-order valence-corrected chi connectivity index (χ2v) is 9.13. The average molecular weight is 420 g/mol. The Morgan fingerprint density at radius 1 is 1.07 bits per heavy atom. The number of methoxy groups -OCH3 is 1. The van der Waals surface area contributed by atoms with Gasteiger partial charge in [-0.15, -0.1) is 0 Å². The van der Waals surface area contributed by atoms with Gasteiger partial charge in [0.2, 0.25) is 5.91 Å². The number of carbonyl (C=O) groups excluding carboxylic acids is 1. The molecule has 1 saturated heterocycles. The molecule has 1 unspecified atom stereocenters. The highest BCUT2D eigenvalue weighted by atomic mass is 16.7. The van der Waals surface area contributed by atoms with E-state index >= 15 is 0 Å². The molecule has 0 spiro atoms. The molecule has 5 heteroatoms. The number of hydrogen-bond acceptors (Lipinski definition) is 4. The summed E-state index contributed by atoms with van der Waals surface area (Å²) in [4.78, 5) is 11.8. The van der Waals surface area contributed by atoms with Gasteiger partial charge in [-0.05, 0) is 37.8 Å². The Morgan fingerprint density at radius 3 is 2.23 bits per heavy atom. The molecule has 5 nitrogen and oxygen atoms in total. The largest absolute Gasteiger partial charge is 0.377 e. The third-order valence-corrected chi connectivity index (χ3v) is 5.86. The van der Waals surface area contributed by atoms with E-state index in [9.17, 15) is 4.79 Å². The van der Waals surface area contributed by atoms with E-state index in [0.717, 1.165) is 12.0 Å². The molecule has 1 aliphatic heterocycles. The van der Waals surface area contributed by atoms with Crippen LogP contribution in [0.2, 0.25) is 0 Å². The third-order valence-electron chi connectivity index (χ3n) is 5.86. The number of nitrogens with one attached hydrogen (secondary N) is 1. The fourth-order valence-electron chi connectivity index (χ4n) is 4.02. The molecule has 30 heavy (non-hydrogen) atoms. The quantitative estimate of drug-likeness (QED) is 0.466. The van der Waals surface area contributed by atoms with Crippen LogP contribution in [0.15, 0.2) is 24.3 Å². The first kappa shape index (κ1) is 24.8. The van der Waals surface area contributed by atoms with Gasteiger partial charge in [-0.2, -0.15) is 0 Å². The van der Waals surface area contributed by atoms with Gasteiger partial charge >= 0.3 is 0 Å². The van der Waals surface area contributed by atoms with Crippen molar-refractivity contribution in [2.24, 2.45) is 0 Å². The molecule has 1 atom stereocenters. The highest BCUT2D eigenvalue weighted by molar-refractivity contribution is 5.73. The highest BCUT2D eigenvalue weighted by Crippen LogP contribution is 2.33. The minimum atomic E-state index is -0.636. The molecule has 1 aliphatic rings. The summed E-state index contributed by atoms with van der Waals surface area (Å²) in [6.45, 7) is 8.36. The van der Waals surface area contributed by atoms with Crippen LogP contribution in [0.1, 0.15) is 89.9 Å². The van der Waals surface area contributed by atoms with Crippen LogP contribution in [-0.2, 0) is 25.4 Å². The van der Waals surface area contributed by atoms with Crippen molar-refractivity contribution in [3.8, 4) is 0 Å². The molecule has 1 heterocycles. The summed E-state index contributed by atoms with van der Waals surface area (Å²) < 4.78 is 17.6. The smallest absolute Gasteiger partial charge is 0.217 e. The van der Waals surface area contributed by atoms with Crippen molar-refractivity contribution >= 4 is 5.91 Å². The predicted molar refractivity (Wildman–Crippen MR) is 120 cm³/mol. The third kappa shape index (κ3) is 8.01. The minimum Gasteiger partial charge on any atom is -0.377 e. The summed E-state index contributed by atoms with van der Waals surface area (Å²) in [7, 11) is 1.71. The van der Waals surface area contributed by atoms with Crippen molar-refractivity contribution in [3.63, 3.8) is 0 Å². The lowest BCUT2D eigenvalue weighted by Gasteiger charge is -2.45. The number of amides is 1. The highest BCUT2D eigenvalue weighted by Gasteiger charge is 2.42. The van der Waals surface area contributed by atoms with Crippen LogP contribution in [0.25, 0.3) is 0 Å². The van der Waals surface area contributed by atoms with Gasteiger partial charge in [-0.25, -0.2) is 0 Å². The summed E-state index contributed by atoms with van der Waals surface area (Å²) in [5.74, 6) is -0.728. The maximum Gasteiger partial charge on any atom is 0.217 e. The lowest BCUT2D eigenvalue weighted by atomic mass is 9.89. The second kappa shape index (κ2) is 11.8. The first-order chi connectivity index (χ1) is 14.3. The molecular weight excluding hydrogens is 378 g/mol. The molecule has 1 amide bonds. The van der Waals surface area contributed by atoms with Gasteiger partial charge in [0.1, 0.15) is 0 Å². The van der Waals surface area contributed by atoms with E-state index < -0.39 is 11.3 Å². The van der Waals surface area contributed by atoms with E-state index in [4.69, 9.17) is 14.2 Å². The van der Waals surface area contributed by atoms with Gasteiger partial charge in [0, 0.05) is 20.5 Å². The number of hydrogen-bond donors (Lipinski definition) is 1. The molecule has 1 aromatic rings. The number of unbranched alkanes of at least 4 members (excludes halogenated alkanes) is 5. The molecule has 1 aromatic carbocycles. The van der Waals surface area contributed by atoms with E-state index in [0.29, 0.717) is 19.6 Å². The van der Waals surface area contributed by atoms with Crippen LogP contribution in [0.3, 0.4) is 0 Å². The molecule has 0 aromatic heterocycles. The first-order valence-corrected chi connectivity index (χ1v) is 11.5. The molecule has 2 rings (SSSR count). The zero-order valence-electron chi connectivity index (χ0n) is 19.6. The Balaban J connectivity index is 1.96. The first-order valence-electron chi connectivity index (χ1n) is 11.5. The van der Waals surface area contributed by atoms with Crippen LogP contribution in [0.5, 0.6) is 0 Å². The molecular formula is C25H41NO4. The zero-order valence-corrected chi connectivity index (χ0v) is 19.6. The Hall–Kier alpha value is -1.43. The average Bonchev–Trinajstić information content (AvgIpc) is 2.71. The molecule has 0 radical (unpaired) electrons. The topological polar surface area (TPSA) is 56.8 Å². The summed E-state index contributed by atoms with van der Waals surface area (Å²) in [6.07, 6.45) is 9.45. The number of rotatable bonds is 12. The Bertz CT molecular complexity index is 631. The monoisotopic (exact) mass is 419 g/mol. The van der Waals surface area contributed by atoms with Crippen LogP contribution in [-0.4, -0.2) is 37.6 Å². The Morgan fingerprint density at radius 2 is 1.67 bits per heavy atom. The molecule has 1 N–H and O–H groups in total. The van der Waals surface area contributed by atoms with E-state index in [2.05, 4.69) is 36.5 Å². The predicted octanol–water partition coefficient (Wildman–Crippen LogP) is 5.33. The second-order valence-electron chi connectivity index (χ2n) is 9.13. The van der Waals surface area contributed by atoms with Crippen molar-refractivity contribution in [3.05, 3.63) is 35.4 Å². The molecule has 0 aliphatic carbocycles. The number of aryl methyl sites for hydroxylation is 1. The van der Waals surface area contributed by atoms with E-state index in [1.54, 1.807) is 7.11 Å². The maximum absolute atomic E-state index is 11.8. The van der Waals surface area contributed by atoms with E-state index in [1.807, 2.05) is 13.8 Å². The standard InChI is InChI=1S/C25H41NO4/c1-6-7-8-9-10-11-12-21-13-15-22(16-14-21)23(28-5)17-25(26-20(2)27)18-29-24(3,4)30-19-25/h13-16,23H,6-12,17-19H2,1-5H3,(H,26,27). The van der Waals surface area contributed by atoms with Crippen LogP contribution in [0, 0.1) is 0 Å². The van der Waals surface area contributed by atoms with Crippen molar-refractivity contribution in [2.45, 2.75) is 96.5 Å². The fourth-order valence-corrected chi connectivity index (χ4v) is 4.02. The molecule has 0 saturated carbocycles. The van der Waals surface area contributed by atoms with Gasteiger partial charge in [0.25, 0.3) is 0 Å². The molecule has 170 valence electrons. The normalized spacial score (nSPS) is 18.7. The maximum atomic E-state index is 11.8. The summed E-state index contributed by atoms with van der Waals surface area (Å²) >= 11 is 0. The summed E-state index contributed by atoms with van der Waals surface area (Å²) in [5.41, 5.74) is 1.88. The lowest BCUT2D eigenvalue weighted by Crippen LogP contribution is -2.61. The van der Waals surface area contributed by atoms with Crippen LogP contribution >= 0.6 is 0 Å². The van der Waals surface area contributed by atoms with Gasteiger partial charge < -0.3 is 19.5 Å². The van der Waals surface area contributed by atoms with Crippen LogP contribution < -0.4 is 5.32 Å². The number of ether oxygens (including phenoxy) is 3. The number of carbonyl (C=O) groups is 1. The van der Waals surface area contributed by atoms with Gasteiger partial charge in [-0.3, -0.25) is 4.79 Å². The fraction of sp³-hybridized carbons (Fsp3) is 0.720. The van der Waals surface area contributed by atoms with Crippen molar-refractivity contribution in [1.29, 1.82) is 0 Å². The lowest BCUT2D eigenvalue weighted by molar-refractivity contribution is -0.274. The Labute approximate surface area is 182 Å². The summed E-state index contributed by atoms with van der Waals surface area (Å²) in [5, 5.41) is 3.06. The zero-order chi connectivity index (χ0) is 22.0. The Kier molecular flexibility index (Phi) is 9.79. The molecule has 1 fully saturated rings. The van der Waals surface area contributed by atoms with E-state index in [1.165, 1.54) is 51.0 Å². The number of benzene rings is 1.